The van der Waals surface area contributed by atoms with E-state index in [4.69, 9.17) is 4.98 Å². The van der Waals surface area contributed by atoms with Crippen molar-refractivity contribution in [3.05, 3.63) is 118 Å². The summed E-state index contributed by atoms with van der Waals surface area (Å²) >= 11 is 0. The predicted molar refractivity (Wildman–Crippen MR) is 148 cm³/mol. The summed E-state index contributed by atoms with van der Waals surface area (Å²) in [6.07, 6.45) is 15.6. The lowest BCUT2D eigenvalue weighted by Crippen LogP contribution is -2.14. The average Bonchev–Trinajstić information content (AvgIpc) is 3.35. The summed E-state index contributed by atoms with van der Waals surface area (Å²) in [7, 11) is 0. The van der Waals surface area contributed by atoms with Crippen LogP contribution in [-0.2, 0) is 19.3 Å². The molecule has 35 heavy (non-hydrogen) atoms. The van der Waals surface area contributed by atoms with Gasteiger partial charge in [0, 0.05) is 12.1 Å². The van der Waals surface area contributed by atoms with Gasteiger partial charge in [-0.15, -0.1) is 0 Å². The van der Waals surface area contributed by atoms with Crippen molar-refractivity contribution in [3.8, 4) is 0 Å². The van der Waals surface area contributed by atoms with Gasteiger partial charge in [-0.25, -0.2) is 0 Å². The van der Waals surface area contributed by atoms with Crippen LogP contribution in [0.5, 0.6) is 0 Å². The Hall–Kier alpha value is -2.93. The van der Waals surface area contributed by atoms with Crippen LogP contribution in [0.3, 0.4) is 0 Å². The third kappa shape index (κ3) is 6.60. The maximum absolute atomic E-state index is 5.06. The Morgan fingerprint density at radius 2 is 1.54 bits per heavy atom. The molecule has 0 spiro atoms. The molecule has 1 heteroatoms. The molecule has 0 aliphatic heterocycles. The first-order valence-corrected chi connectivity index (χ1v) is 13.6. The standard InChI is InChI=1S/C34H39N/c1-25-9-13-27(14-10-25)17-18-29-19-20-32(23-29)34-8-4-7-33(35-34)24-31-6-3-5-30(22-31)21-28-15-11-26(2)12-16-28/h3-10,13-14,19-20,22,26,28H,11-12,15-18,21,23-24H2,1-2H3. The van der Waals surface area contributed by atoms with E-state index in [0.717, 1.165) is 43.2 Å². The molecule has 0 atom stereocenters. The van der Waals surface area contributed by atoms with Crippen LogP contribution in [0.1, 0.15) is 79.1 Å². The second-order valence-corrected chi connectivity index (χ2v) is 11.0. The molecule has 1 aromatic heterocycles. The summed E-state index contributed by atoms with van der Waals surface area (Å²) in [5.74, 6) is 1.79. The number of aryl methyl sites for hydroxylation is 2. The highest BCUT2D eigenvalue weighted by atomic mass is 14.7. The van der Waals surface area contributed by atoms with Crippen LogP contribution in [-0.4, -0.2) is 4.98 Å². The van der Waals surface area contributed by atoms with Crippen LogP contribution < -0.4 is 0 Å². The molecule has 5 rings (SSSR count). The summed E-state index contributed by atoms with van der Waals surface area (Å²) < 4.78 is 0. The topological polar surface area (TPSA) is 12.9 Å². The van der Waals surface area contributed by atoms with Crippen LogP contribution >= 0.6 is 0 Å². The van der Waals surface area contributed by atoms with Crippen molar-refractivity contribution in [1.82, 2.24) is 4.98 Å². The van der Waals surface area contributed by atoms with Crippen molar-refractivity contribution >= 4 is 5.57 Å². The molecule has 0 N–H and O–H groups in total. The van der Waals surface area contributed by atoms with Gasteiger partial charge in [0.15, 0.2) is 0 Å². The zero-order valence-corrected chi connectivity index (χ0v) is 21.5. The molecule has 0 bridgehead atoms. The number of nitrogens with zero attached hydrogens (tertiary/aromatic N) is 1. The van der Waals surface area contributed by atoms with Gasteiger partial charge in [-0.2, -0.15) is 0 Å². The molecule has 3 aromatic rings. The van der Waals surface area contributed by atoms with Gasteiger partial charge in [-0.05, 0) is 91.7 Å². The van der Waals surface area contributed by atoms with Crippen LogP contribution in [0.2, 0.25) is 0 Å². The van der Waals surface area contributed by atoms with Gasteiger partial charge in [-0.1, -0.05) is 97.7 Å². The number of benzene rings is 2. The highest BCUT2D eigenvalue weighted by Gasteiger charge is 2.18. The van der Waals surface area contributed by atoms with Gasteiger partial charge in [0.2, 0.25) is 0 Å². The van der Waals surface area contributed by atoms with Gasteiger partial charge in [0.25, 0.3) is 0 Å². The van der Waals surface area contributed by atoms with Crippen LogP contribution in [0, 0.1) is 18.8 Å². The van der Waals surface area contributed by atoms with Gasteiger partial charge in [0.1, 0.15) is 0 Å². The third-order valence-electron chi connectivity index (χ3n) is 7.97. The van der Waals surface area contributed by atoms with E-state index in [2.05, 4.69) is 92.7 Å². The molecule has 0 amide bonds. The fourth-order valence-corrected chi connectivity index (χ4v) is 5.69. The Morgan fingerprint density at radius 1 is 0.771 bits per heavy atom. The highest BCUT2D eigenvalue weighted by molar-refractivity contribution is 5.70. The van der Waals surface area contributed by atoms with Gasteiger partial charge in [0.05, 0.1) is 5.69 Å². The van der Waals surface area contributed by atoms with E-state index in [9.17, 15) is 0 Å². The summed E-state index contributed by atoms with van der Waals surface area (Å²) in [6, 6.07) is 24.7. The lowest BCUT2D eigenvalue weighted by Gasteiger charge is -2.26. The van der Waals surface area contributed by atoms with Crippen LogP contribution in [0.15, 0.2) is 84.5 Å². The van der Waals surface area contributed by atoms with E-state index in [1.807, 2.05) is 0 Å². The van der Waals surface area contributed by atoms with Gasteiger partial charge >= 0.3 is 0 Å². The van der Waals surface area contributed by atoms with Gasteiger partial charge < -0.3 is 0 Å². The Labute approximate surface area is 212 Å². The number of aromatic nitrogens is 1. The number of rotatable bonds is 8. The first-order valence-electron chi connectivity index (χ1n) is 13.6. The SMILES string of the molecule is Cc1ccc(CCC2=CC=C(c3cccc(Cc4cccc(CC5CCC(C)CC5)c4)n3)C2)cc1. The molecule has 1 nitrogen and oxygen atoms in total. The van der Waals surface area contributed by atoms with E-state index in [-0.39, 0.29) is 0 Å². The quantitative estimate of drug-likeness (QED) is 0.327. The number of pyridine rings is 1. The van der Waals surface area contributed by atoms with Crippen molar-refractivity contribution < 1.29 is 0 Å². The monoisotopic (exact) mass is 461 g/mol. The van der Waals surface area contributed by atoms with E-state index in [1.165, 1.54) is 71.2 Å². The van der Waals surface area contributed by atoms with Crippen LogP contribution in [0.4, 0.5) is 0 Å². The second kappa shape index (κ2) is 11.2. The number of hydrogen-bond acceptors (Lipinski definition) is 1. The first kappa shape index (κ1) is 23.8. The van der Waals surface area contributed by atoms with Crippen molar-refractivity contribution in [2.24, 2.45) is 11.8 Å². The zero-order valence-electron chi connectivity index (χ0n) is 21.5. The van der Waals surface area contributed by atoms with E-state index in [0.29, 0.717) is 0 Å². The Kier molecular flexibility index (Phi) is 7.62. The molecule has 2 aliphatic rings. The summed E-state index contributed by atoms with van der Waals surface area (Å²) in [4.78, 5) is 5.06. The summed E-state index contributed by atoms with van der Waals surface area (Å²) in [5.41, 5.74) is 10.8. The fourth-order valence-electron chi connectivity index (χ4n) is 5.69. The minimum atomic E-state index is 0.866. The minimum Gasteiger partial charge on any atom is -0.253 e. The van der Waals surface area contributed by atoms with Gasteiger partial charge in [-0.3, -0.25) is 4.98 Å². The van der Waals surface area contributed by atoms with Crippen molar-refractivity contribution in [1.29, 1.82) is 0 Å². The zero-order chi connectivity index (χ0) is 24.0. The summed E-state index contributed by atoms with van der Waals surface area (Å²) in [6.45, 7) is 4.55. The molecular weight excluding hydrogens is 422 g/mol. The molecule has 2 aromatic carbocycles. The van der Waals surface area contributed by atoms with E-state index in [1.54, 1.807) is 0 Å². The van der Waals surface area contributed by atoms with Crippen molar-refractivity contribution in [3.63, 3.8) is 0 Å². The van der Waals surface area contributed by atoms with E-state index < -0.39 is 0 Å². The van der Waals surface area contributed by atoms with Crippen molar-refractivity contribution in [2.75, 3.05) is 0 Å². The Bertz CT molecular complexity index is 1190. The highest BCUT2D eigenvalue weighted by Crippen LogP contribution is 2.32. The molecule has 2 aliphatic carbocycles. The van der Waals surface area contributed by atoms with E-state index >= 15 is 0 Å². The lowest BCUT2D eigenvalue weighted by molar-refractivity contribution is 0.289. The smallest absolute Gasteiger partial charge is 0.0668 e. The molecule has 180 valence electrons. The maximum atomic E-state index is 5.06. The molecule has 0 unspecified atom stereocenters. The van der Waals surface area contributed by atoms with Crippen LogP contribution in [0.25, 0.3) is 5.57 Å². The molecule has 0 radical (unpaired) electrons. The number of allylic oxidation sites excluding steroid dienone is 4. The lowest BCUT2D eigenvalue weighted by atomic mass is 9.80. The molecule has 1 heterocycles. The van der Waals surface area contributed by atoms with Crippen molar-refractivity contribution in [2.45, 2.75) is 71.6 Å². The summed E-state index contributed by atoms with van der Waals surface area (Å²) in [5, 5.41) is 0. The number of hydrogen-bond donors (Lipinski definition) is 0. The minimum absolute atomic E-state index is 0.866. The predicted octanol–water partition coefficient (Wildman–Crippen LogP) is 8.70. The molecular formula is C34H39N. The molecule has 1 saturated carbocycles. The molecule has 1 fully saturated rings. The fraction of sp³-hybridized carbons (Fsp3) is 0.382. The molecule has 0 saturated heterocycles. The third-order valence-corrected chi connectivity index (χ3v) is 7.97. The first-order chi connectivity index (χ1) is 17.1. The largest absolute Gasteiger partial charge is 0.253 e. The Balaban J connectivity index is 1.16. The maximum Gasteiger partial charge on any atom is 0.0668 e. The average molecular weight is 462 g/mol. The Morgan fingerprint density at radius 3 is 2.37 bits per heavy atom. The second-order valence-electron chi connectivity index (χ2n) is 11.0. The normalized spacial score (nSPS) is 19.9.